The van der Waals surface area contributed by atoms with Gasteiger partial charge in [-0.3, -0.25) is 19.8 Å². The summed E-state index contributed by atoms with van der Waals surface area (Å²) in [4.78, 5) is 20.9. The molecule has 178 valence electrons. The molecule has 1 aromatic carbocycles. The number of pyridine rings is 3. The van der Waals surface area contributed by atoms with Crippen molar-refractivity contribution in [3.63, 3.8) is 0 Å². The Hall–Kier alpha value is -4.71. The molecule has 10 nitrogen and oxygen atoms in total. The molecule has 3 N–H and O–H groups in total. The number of aromatic nitrogens is 7. The molecule has 0 atom stereocenters. The Balaban J connectivity index is 1.44. The number of rotatable bonds is 5. The molecule has 5 heterocycles. The average Bonchev–Trinajstić information content (AvgIpc) is 3.47. The lowest BCUT2D eigenvalue weighted by molar-refractivity contribution is 0.606. The Labute approximate surface area is 203 Å². The Morgan fingerprint density at radius 2 is 1.69 bits per heavy atom. The second-order valence-corrected chi connectivity index (χ2v) is 9.95. The van der Waals surface area contributed by atoms with E-state index in [0.29, 0.717) is 44.8 Å². The van der Waals surface area contributed by atoms with Gasteiger partial charge in [0.25, 0.3) is 0 Å². The molecular formula is C24H17FN8O2S. The van der Waals surface area contributed by atoms with E-state index in [1.165, 1.54) is 18.3 Å². The van der Waals surface area contributed by atoms with Crippen LogP contribution in [0.2, 0.25) is 0 Å². The standard InChI is InChI=1S/C24H17FN8O2S/c1-36(34,35)33-17-6-14(8-26-10-17)15-7-18-22(31-32-23(18)28-9-15)24-29-20-12-27-11-19(21(20)30-24)13-2-4-16(25)5-3-13/h2-12,33H,1H3,(H,29,30)(H,28,31,32). The maximum atomic E-state index is 13.4. The third-order valence-corrected chi connectivity index (χ3v) is 6.18. The second kappa shape index (κ2) is 8.20. The number of hydrogen-bond donors (Lipinski definition) is 3. The van der Waals surface area contributed by atoms with E-state index in [1.54, 1.807) is 43.0 Å². The number of hydrogen-bond acceptors (Lipinski definition) is 7. The van der Waals surface area contributed by atoms with E-state index in [-0.39, 0.29) is 5.82 Å². The summed E-state index contributed by atoms with van der Waals surface area (Å²) in [7, 11) is -3.44. The number of aromatic amines is 2. The molecule has 6 rings (SSSR count). The molecule has 0 aliphatic rings. The highest BCUT2D eigenvalue weighted by molar-refractivity contribution is 7.92. The molecule has 0 amide bonds. The lowest BCUT2D eigenvalue weighted by Gasteiger charge is -2.06. The van der Waals surface area contributed by atoms with Gasteiger partial charge in [-0.15, -0.1) is 0 Å². The zero-order valence-electron chi connectivity index (χ0n) is 18.7. The zero-order chi connectivity index (χ0) is 24.9. The number of nitrogens with one attached hydrogen (secondary N) is 3. The van der Waals surface area contributed by atoms with E-state index in [1.807, 2.05) is 6.07 Å². The van der Waals surface area contributed by atoms with Gasteiger partial charge in [0, 0.05) is 35.3 Å². The number of H-pyrrole nitrogens is 2. The molecule has 6 aromatic rings. The smallest absolute Gasteiger partial charge is 0.229 e. The lowest BCUT2D eigenvalue weighted by atomic mass is 10.1. The quantitative estimate of drug-likeness (QED) is 0.323. The maximum Gasteiger partial charge on any atom is 0.229 e. The van der Waals surface area contributed by atoms with Crippen LogP contribution in [0.3, 0.4) is 0 Å². The van der Waals surface area contributed by atoms with Crippen LogP contribution < -0.4 is 4.72 Å². The first-order valence-corrected chi connectivity index (χ1v) is 12.6. The SMILES string of the molecule is CS(=O)(=O)Nc1cncc(-c2cnc3n[nH]c(-c4nc5c(-c6ccc(F)cc6)cncc5[nH]4)c3c2)c1. The van der Waals surface area contributed by atoms with Gasteiger partial charge in [-0.2, -0.15) is 5.10 Å². The third kappa shape index (κ3) is 4.03. The molecule has 0 saturated heterocycles. The van der Waals surface area contributed by atoms with Crippen LogP contribution >= 0.6 is 0 Å². The molecule has 0 spiro atoms. The highest BCUT2D eigenvalue weighted by Gasteiger charge is 2.17. The maximum absolute atomic E-state index is 13.4. The van der Waals surface area contributed by atoms with Gasteiger partial charge in [-0.25, -0.2) is 22.8 Å². The Kier molecular flexibility index (Phi) is 4.97. The molecule has 0 bridgehead atoms. The molecule has 0 fully saturated rings. The largest absolute Gasteiger partial charge is 0.335 e. The molecule has 0 saturated carbocycles. The minimum absolute atomic E-state index is 0.318. The van der Waals surface area contributed by atoms with Crippen molar-refractivity contribution in [1.82, 2.24) is 35.1 Å². The van der Waals surface area contributed by atoms with Crippen LogP contribution in [0.4, 0.5) is 10.1 Å². The normalized spacial score (nSPS) is 11.8. The topological polar surface area (TPSA) is 142 Å². The average molecular weight is 501 g/mol. The lowest BCUT2D eigenvalue weighted by Crippen LogP contribution is -2.09. The van der Waals surface area contributed by atoms with E-state index in [2.05, 4.69) is 34.9 Å². The molecule has 12 heteroatoms. The highest BCUT2D eigenvalue weighted by Crippen LogP contribution is 2.32. The fraction of sp³-hybridized carbons (Fsp3) is 0.0417. The minimum Gasteiger partial charge on any atom is -0.335 e. The Bertz CT molecular complexity index is 1860. The summed E-state index contributed by atoms with van der Waals surface area (Å²) in [6, 6.07) is 9.72. The summed E-state index contributed by atoms with van der Waals surface area (Å²) in [5.74, 6) is 0.218. The monoisotopic (exact) mass is 500 g/mol. The Morgan fingerprint density at radius 3 is 2.50 bits per heavy atom. The number of anilines is 1. The molecule has 0 aliphatic heterocycles. The fourth-order valence-electron chi connectivity index (χ4n) is 4.00. The first-order valence-electron chi connectivity index (χ1n) is 10.7. The van der Waals surface area contributed by atoms with Crippen LogP contribution in [0.25, 0.3) is 55.8 Å². The predicted molar refractivity (Wildman–Crippen MR) is 134 cm³/mol. The number of fused-ring (bicyclic) bond motifs is 2. The minimum atomic E-state index is -3.44. The van der Waals surface area contributed by atoms with Crippen molar-refractivity contribution in [3.8, 4) is 33.8 Å². The summed E-state index contributed by atoms with van der Waals surface area (Å²) < 4.78 is 39.0. The Morgan fingerprint density at radius 1 is 0.917 bits per heavy atom. The van der Waals surface area contributed by atoms with Gasteiger partial charge < -0.3 is 4.98 Å². The van der Waals surface area contributed by atoms with Crippen LogP contribution in [0.1, 0.15) is 0 Å². The summed E-state index contributed by atoms with van der Waals surface area (Å²) >= 11 is 0. The summed E-state index contributed by atoms with van der Waals surface area (Å²) in [6.07, 6.45) is 9.14. The zero-order valence-corrected chi connectivity index (χ0v) is 19.5. The number of halogens is 1. The van der Waals surface area contributed by atoms with Crippen molar-refractivity contribution in [2.45, 2.75) is 0 Å². The van der Waals surface area contributed by atoms with E-state index in [0.717, 1.165) is 22.9 Å². The van der Waals surface area contributed by atoms with E-state index in [9.17, 15) is 12.8 Å². The number of nitrogens with zero attached hydrogens (tertiary/aromatic N) is 5. The van der Waals surface area contributed by atoms with E-state index in [4.69, 9.17) is 4.98 Å². The van der Waals surface area contributed by atoms with Crippen molar-refractivity contribution < 1.29 is 12.8 Å². The van der Waals surface area contributed by atoms with Crippen LogP contribution in [-0.2, 0) is 10.0 Å². The van der Waals surface area contributed by atoms with Crippen LogP contribution in [-0.4, -0.2) is 49.8 Å². The highest BCUT2D eigenvalue weighted by atomic mass is 32.2. The fourth-order valence-corrected chi connectivity index (χ4v) is 4.54. The number of sulfonamides is 1. The van der Waals surface area contributed by atoms with Gasteiger partial charge in [0.2, 0.25) is 10.0 Å². The van der Waals surface area contributed by atoms with Crippen molar-refractivity contribution in [3.05, 3.63) is 73.2 Å². The van der Waals surface area contributed by atoms with Crippen molar-refractivity contribution >= 4 is 37.8 Å². The summed E-state index contributed by atoms with van der Waals surface area (Å²) in [6.45, 7) is 0. The summed E-state index contributed by atoms with van der Waals surface area (Å²) in [5, 5.41) is 8.00. The van der Waals surface area contributed by atoms with Gasteiger partial charge in [0.05, 0.1) is 40.8 Å². The van der Waals surface area contributed by atoms with E-state index >= 15 is 0 Å². The molecule has 0 unspecified atom stereocenters. The van der Waals surface area contributed by atoms with Gasteiger partial charge in [-0.05, 0) is 29.8 Å². The van der Waals surface area contributed by atoms with Gasteiger partial charge in [0.15, 0.2) is 11.5 Å². The molecule has 5 aromatic heterocycles. The second-order valence-electron chi connectivity index (χ2n) is 8.21. The van der Waals surface area contributed by atoms with Gasteiger partial charge in [0.1, 0.15) is 11.5 Å². The first-order chi connectivity index (χ1) is 17.3. The molecule has 0 aliphatic carbocycles. The van der Waals surface area contributed by atoms with Crippen LogP contribution in [0.5, 0.6) is 0 Å². The van der Waals surface area contributed by atoms with Crippen LogP contribution in [0.15, 0.2) is 67.4 Å². The molecular weight excluding hydrogens is 483 g/mol. The summed E-state index contributed by atoms with van der Waals surface area (Å²) in [5.41, 5.74) is 5.81. The third-order valence-electron chi connectivity index (χ3n) is 5.57. The van der Waals surface area contributed by atoms with Gasteiger partial charge >= 0.3 is 0 Å². The van der Waals surface area contributed by atoms with Gasteiger partial charge in [-0.1, -0.05) is 12.1 Å². The molecule has 0 radical (unpaired) electrons. The molecule has 36 heavy (non-hydrogen) atoms. The van der Waals surface area contributed by atoms with Crippen molar-refractivity contribution in [1.29, 1.82) is 0 Å². The van der Waals surface area contributed by atoms with E-state index < -0.39 is 10.0 Å². The first kappa shape index (κ1) is 21.8. The van der Waals surface area contributed by atoms with Crippen molar-refractivity contribution in [2.75, 3.05) is 11.0 Å². The number of benzene rings is 1. The number of imidazole rings is 1. The van der Waals surface area contributed by atoms with Crippen LogP contribution in [0, 0.1) is 5.82 Å². The van der Waals surface area contributed by atoms with Crippen molar-refractivity contribution in [2.24, 2.45) is 0 Å². The predicted octanol–water partition coefficient (Wildman–Crippen LogP) is 4.14.